The molecule has 2 aromatic carbocycles. The van der Waals surface area contributed by atoms with Crippen molar-refractivity contribution in [3.05, 3.63) is 65.7 Å². The van der Waals surface area contributed by atoms with Crippen molar-refractivity contribution in [1.29, 1.82) is 0 Å². The van der Waals surface area contributed by atoms with Crippen molar-refractivity contribution in [2.45, 2.75) is 13.0 Å². The number of carbonyl (C=O) groups excluding carboxylic acids is 1. The lowest BCUT2D eigenvalue weighted by atomic mass is 10.1. The standard InChI is InChI=1S/C18H22N2O2/c1-14-8-10-16(11-9-14)20-18(21)17(19-12-13-22-2)15-6-4-3-5-7-15/h3-11,17,19H,12-13H2,1-2H3,(H,20,21). The van der Waals surface area contributed by atoms with Gasteiger partial charge in [-0.2, -0.15) is 0 Å². The van der Waals surface area contributed by atoms with Crippen LogP contribution in [0.4, 0.5) is 5.69 Å². The molecule has 116 valence electrons. The molecule has 4 nitrogen and oxygen atoms in total. The Bertz CT molecular complexity index is 582. The van der Waals surface area contributed by atoms with Crippen molar-refractivity contribution < 1.29 is 9.53 Å². The van der Waals surface area contributed by atoms with Crippen LogP contribution in [-0.4, -0.2) is 26.2 Å². The molecule has 0 aromatic heterocycles. The number of hydrogen-bond acceptors (Lipinski definition) is 3. The lowest BCUT2D eigenvalue weighted by Crippen LogP contribution is -2.34. The van der Waals surface area contributed by atoms with E-state index in [0.717, 1.165) is 16.8 Å². The molecule has 0 saturated heterocycles. The van der Waals surface area contributed by atoms with Crippen LogP contribution in [0.1, 0.15) is 17.2 Å². The molecule has 2 aromatic rings. The van der Waals surface area contributed by atoms with Crippen LogP contribution in [0, 0.1) is 6.92 Å². The van der Waals surface area contributed by atoms with E-state index in [1.54, 1.807) is 7.11 Å². The monoisotopic (exact) mass is 298 g/mol. The fraction of sp³-hybridized carbons (Fsp3) is 0.278. The van der Waals surface area contributed by atoms with Crippen molar-refractivity contribution >= 4 is 11.6 Å². The lowest BCUT2D eigenvalue weighted by molar-refractivity contribution is -0.118. The Morgan fingerprint density at radius 1 is 1.09 bits per heavy atom. The van der Waals surface area contributed by atoms with E-state index in [1.807, 2.05) is 61.5 Å². The van der Waals surface area contributed by atoms with Crippen LogP contribution in [-0.2, 0) is 9.53 Å². The van der Waals surface area contributed by atoms with Crippen LogP contribution in [0.3, 0.4) is 0 Å². The molecule has 0 aliphatic carbocycles. The van der Waals surface area contributed by atoms with Crippen LogP contribution in [0.25, 0.3) is 0 Å². The first-order chi connectivity index (χ1) is 10.7. The fourth-order valence-corrected chi connectivity index (χ4v) is 2.16. The third kappa shape index (κ3) is 4.69. The zero-order valence-corrected chi connectivity index (χ0v) is 13.0. The lowest BCUT2D eigenvalue weighted by Gasteiger charge is -2.19. The average molecular weight is 298 g/mol. The van der Waals surface area contributed by atoms with Gasteiger partial charge >= 0.3 is 0 Å². The molecule has 22 heavy (non-hydrogen) atoms. The summed E-state index contributed by atoms with van der Waals surface area (Å²) in [7, 11) is 1.64. The van der Waals surface area contributed by atoms with Gasteiger partial charge in [-0.1, -0.05) is 48.0 Å². The predicted octanol–water partition coefficient (Wildman–Crippen LogP) is 2.91. The number of nitrogens with one attached hydrogen (secondary N) is 2. The predicted molar refractivity (Wildman–Crippen MR) is 88.9 cm³/mol. The van der Waals surface area contributed by atoms with Crippen molar-refractivity contribution in [1.82, 2.24) is 5.32 Å². The van der Waals surface area contributed by atoms with Gasteiger partial charge in [0.1, 0.15) is 6.04 Å². The van der Waals surface area contributed by atoms with E-state index in [4.69, 9.17) is 4.74 Å². The zero-order chi connectivity index (χ0) is 15.8. The highest BCUT2D eigenvalue weighted by Crippen LogP contribution is 2.16. The summed E-state index contributed by atoms with van der Waals surface area (Å²) >= 11 is 0. The molecule has 2 rings (SSSR count). The Morgan fingerprint density at radius 2 is 1.77 bits per heavy atom. The van der Waals surface area contributed by atoms with Gasteiger partial charge in [0.15, 0.2) is 0 Å². The van der Waals surface area contributed by atoms with Gasteiger partial charge in [0.25, 0.3) is 0 Å². The number of benzene rings is 2. The van der Waals surface area contributed by atoms with Gasteiger partial charge in [-0.05, 0) is 24.6 Å². The molecule has 1 atom stereocenters. The molecule has 0 fully saturated rings. The number of anilines is 1. The Labute approximate surface area is 131 Å². The van der Waals surface area contributed by atoms with Gasteiger partial charge in [0.2, 0.25) is 5.91 Å². The normalized spacial score (nSPS) is 11.9. The minimum absolute atomic E-state index is 0.0776. The first-order valence-electron chi connectivity index (χ1n) is 7.35. The van der Waals surface area contributed by atoms with E-state index < -0.39 is 6.04 Å². The summed E-state index contributed by atoms with van der Waals surface area (Å²) in [5, 5.41) is 6.18. The fourth-order valence-electron chi connectivity index (χ4n) is 2.16. The van der Waals surface area contributed by atoms with Crippen LogP contribution in [0.15, 0.2) is 54.6 Å². The second-order valence-electron chi connectivity index (χ2n) is 5.15. The molecule has 0 radical (unpaired) electrons. The summed E-state index contributed by atoms with van der Waals surface area (Å²) in [4.78, 5) is 12.6. The summed E-state index contributed by atoms with van der Waals surface area (Å²) in [6.45, 7) is 3.18. The van der Waals surface area contributed by atoms with Gasteiger partial charge in [-0.25, -0.2) is 0 Å². The second-order valence-corrected chi connectivity index (χ2v) is 5.15. The van der Waals surface area contributed by atoms with Crippen LogP contribution in [0.5, 0.6) is 0 Å². The highest BCUT2D eigenvalue weighted by atomic mass is 16.5. The number of ether oxygens (including phenoxy) is 1. The SMILES string of the molecule is COCCNC(C(=O)Nc1ccc(C)cc1)c1ccccc1. The summed E-state index contributed by atoms with van der Waals surface area (Å²) in [6.07, 6.45) is 0. The Balaban J connectivity index is 2.09. The zero-order valence-electron chi connectivity index (χ0n) is 13.0. The van der Waals surface area contributed by atoms with Gasteiger partial charge < -0.3 is 10.1 Å². The molecule has 0 saturated carbocycles. The highest BCUT2D eigenvalue weighted by Gasteiger charge is 2.19. The van der Waals surface area contributed by atoms with E-state index in [0.29, 0.717) is 13.2 Å². The minimum Gasteiger partial charge on any atom is -0.383 e. The minimum atomic E-state index is -0.405. The van der Waals surface area contributed by atoms with Crippen molar-refractivity contribution in [2.24, 2.45) is 0 Å². The molecular weight excluding hydrogens is 276 g/mol. The Kier molecular flexibility index (Phi) is 6.13. The number of carbonyl (C=O) groups is 1. The quantitative estimate of drug-likeness (QED) is 0.773. The second kappa shape index (κ2) is 8.32. The molecule has 1 unspecified atom stereocenters. The first-order valence-corrected chi connectivity index (χ1v) is 7.35. The Hall–Kier alpha value is -2.17. The van der Waals surface area contributed by atoms with E-state index in [-0.39, 0.29) is 5.91 Å². The molecule has 0 spiro atoms. The molecule has 0 heterocycles. The van der Waals surface area contributed by atoms with Crippen molar-refractivity contribution in [3.63, 3.8) is 0 Å². The topological polar surface area (TPSA) is 50.4 Å². The molecule has 2 N–H and O–H groups in total. The summed E-state index contributed by atoms with van der Waals surface area (Å²) < 4.78 is 5.05. The van der Waals surface area contributed by atoms with Crippen molar-refractivity contribution in [2.75, 3.05) is 25.6 Å². The Morgan fingerprint density at radius 3 is 2.41 bits per heavy atom. The number of rotatable bonds is 7. The number of aryl methyl sites for hydroxylation is 1. The molecule has 0 aliphatic heterocycles. The summed E-state index contributed by atoms with van der Waals surface area (Å²) in [5.41, 5.74) is 2.89. The average Bonchev–Trinajstić information content (AvgIpc) is 2.54. The maximum atomic E-state index is 12.6. The third-order valence-corrected chi connectivity index (χ3v) is 3.37. The molecular formula is C18H22N2O2. The van der Waals surface area contributed by atoms with Gasteiger partial charge in [-0.15, -0.1) is 0 Å². The van der Waals surface area contributed by atoms with Crippen LogP contribution >= 0.6 is 0 Å². The van der Waals surface area contributed by atoms with Crippen LogP contribution in [0.2, 0.25) is 0 Å². The van der Waals surface area contributed by atoms with E-state index in [2.05, 4.69) is 10.6 Å². The maximum absolute atomic E-state index is 12.6. The van der Waals surface area contributed by atoms with Crippen molar-refractivity contribution in [3.8, 4) is 0 Å². The van der Waals surface area contributed by atoms with Gasteiger partial charge in [0, 0.05) is 19.3 Å². The van der Waals surface area contributed by atoms with Gasteiger partial charge in [0.05, 0.1) is 6.61 Å². The van der Waals surface area contributed by atoms with Crippen LogP contribution < -0.4 is 10.6 Å². The molecule has 1 amide bonds. The molecule has 0 aliphatic rings. The number of amides is 1. The summed E-state index contributed by atoms with van der Waals surface area (Å²) in [5.74, 6) is -0.0776. The van der Waals surface area contributed by atoms with E-state index in [1.165, 1.54) is 0 Å². The summed E-state index contributed by atoms with van der Waals surface area (Å²) in [6, 6.07) is 17.1. The van der Waals surface area contributed by atoms with E-state index in [9.17, 15) is 4.79 Å². The third-order valence-electron chi connectivity index (χ3n) is 3.37. The molecule has 0 bridgehead atoms. The van der Waals surface area contributed by atoms with Gasteiger partial charge in [-0.3, -0.25) is 10.1 Å². The van der Waals surface area contributed by atoms with E-state index >= 15 is 0 Å². The number of methoxy groups -OCH3 is 1. The number of hydrogen-bond donors (Lipinski definition) is 2. The highest BCUT2D eigenvalue weighted by molar-refractivity contribution is 5.95. The smallest absolute Gasteiger partial charge is 0.246 e. The largest absolute Gasteiger partial charge is 0.383 e. The molecule has 4 heteroatoms. The first kappa shape index (κ1) is 16.2. The maximum Gasteiger partial charge on any atom is 0.246 e.